The van der Waals surface area contributed by atoms with Gasteiger partial charge in [0.05, 0.1) is 7.11 Å². The molecule has 4 nitrogen and oxygen atoms in total. The number of nitrogens with zero attached hydrogens (tertiary/aromatic N) is 2. The van der Waals surface area contributed by atoms with Gasteiger partial charge in [0.1, 0.15) is 11.6 Å². The lowest BCUT2D eigenvalue weighted by molar-refractivity contribution is 0.112. The van der Waals surface area contributed by atoms with Gasteiger partial charge in [-0.3, -0.25) is 4.79 Å². The number of rotatable bonds is 4. The number of benzene rings is 1. The summed E-state index contributed by atoms with van der Waals surface area (Å²) in [6, 6.07) is 11.3. The quantitative estimate of drug-likeness (QED) is 0.773. The van der Waals surface area contributed by atoms with Crippen LogP contribution in [0.1, 0.15) is 10.4 Å². The SMILES string of the molecule is COc1ccc(N(C)c2ccc(C=O)cn2)cc1. The van der Waals surface area contributed by atoms with Crippen LogP contribution in [0.3, 0.4) is 0 Å². The lowest BCUT2D eigenvalue weighted by Gasteiger charge is -2.18. The van der Waals surface area contributed by atoms with Crippen molar-refractivity contribution in [2.75, 3.05) is 19.1 Å². The van der Waals surface area contributed by atoms with E-state index in [1.54, 1.807) is 19.4 Å². The van der Waals surface area contributed by atoms with Crippen LogP contribution in [0.25, 0.3) is 0 Å². The Morgan fingerprint density at radius 1 is 1.17 bits per heavy atom. The van der Waals surface area contributed by atoms with E-state index in [2.05, 4.69) is 4.98 Å². The van der Waals surface area contributed by atoms with Crippen molar-refractivity contribution in [3.63, 3.8) is 0 Å². The highest BCUT2D eigenvalue weighted by molar-refractivity contribution is 5.75. The third-order valence-corrected chi connectivity index (χ3v) is 2.71. The van der Waals surface area contributed by atoms with E-state index in [0.717, 1.165) is 23.5 Å². The van der Waals surface area contributed by atoms with E-state index >= 15 is 0 Å². The van der Waals surface area contributed by atoms with Gasteiger partial charge in [-0.2, -0.15) is 0 Å². The third-order valence-electron chi connectivity index (χ3n) is 2.71. The number of methoxy groups -OCH3 is 1. The van der Waals surface area contributed by atoms with E-state index in [0.29, 0.717) is 5.56 Å². The molecule has 0 saturated carbocycles. The van der Waals surface area contributed by atoms with Crippen molar-refractivity contribution in [3.8, 4) is 5.75 Å². The summed E-state index contributed by atoms with van der Waals surface area (Å²) in [4.78, 5) is 16.7. The van der Waals surface area contributed by atoms with Gasteiger partial charge in [-0.1, -0.05) is 0 Å². The van der Waals surface area contributed by atoms with Gasteiger partial charge in [0.2, 0.25) is 0 Å². The molecule has 1 aromatic carbocycles. The first-order chi connectivity index (χ1) is 8.74. The number of carbonyl (C=O) groups is 1. The third kappa shape index (κ3) is 2.48. The van der Waals surface area contributed by atoms with Crippen LogP contribution in [0.15, 0.2) is 42.6 Å². The number of hydrogen-bond acceptors (Lipinski definition) is 4. The molecule has 0 saturated heterocycles. The Hall–Kier alpha value is -2.36. The highest BCUT2D eigenvalue weighted by atomic mass is 16.5. The zero-order chi connectivity index (χ0) is 13.0. The van der Waals surface area contributed by atoms with Gasteiger partial charge in [0.25, 0.3) is 0 Å². The minimum absolute atomic E-state index is 0.571. The molecule has 1 heterocycles. The maximum absolute atomic E-state index is 10.6. The molecule has 18 heavy (non-hydrogen) atoms. The van der Waals surface area contributed by atoms with Crippen molar-refractivity contribution < 1.29 is 9.53 Å². The summed E-state index contributed by atoms with van der Waals surface area (Å²) < 4.78 is 5.11. The number of anilines is 2. The molecule has 0 unspecified atom stereocenters. The molecule has 0 atom stereocenters. The summed E-state index contributed by atoms with van der Waals surface area (Å²) in [6.07, 6.45) is 2.34. The summed E-state index contributed by atoms with van der Waals surface area (Å²) in [5.74, 6) is 1.60. The van der Waals surface area contributed by atoms with Gasteiger partial charge >= 0.3 is 0 Å². The molecule has 92 valence electrons. The van der Waals surface area contributed by atoms with E-state index in [1.807, 2.05) is 42.3 Å². The van der Waals surface area contributed by atoms with Crippen LogP contribution in [-0.4, -0.2) is 25.4 Å². The minimum Gasteiger partial charge on any atom is -0.497 e. The highest BCUT2D eigenvalue weighted by Gasteiger charge is 2.05. The Morgan fingerprint density at radius 2 is 1.89 bits per heavy atom. The summed E-state index contributed by atoms with van der Waals surface area (Å²) in [6.45, 7) is 0. The number of ether oxygens (including phenoxy) is 1. The molecule has 0 fully saturated rings. The van der Waals surface area contributed by atoms with Crippen LogP contribution in [0.2, 0.25) is 0 Å². The van der Waals surface area contributed by atoms with E-state index < -0.39 is 0 Å². The van der Waals surface area contributed by atoms with Gasteiger partial charge in [-0.15, -0.1) is 0 Å². The van der Waals surface area contributed by atoms with Crippen LogP contribution in [0, 0.1) is 0 Å². The molecule has 0 spiro atoms. The Balaban J connectivity index is 2.22. The first-order valence-corrected chi connectivity index (χ1v) is 5.53. The normalized spacial score (nSPS) is 9.89. The van der Waals surface area contributed by atoms with E-state index in [1.165, 1.54) is 0 Å². The predicted octanol–water partition coefficient (Wildman–Crippen LogP) is 2.67. The van der Waals surface area contributed by atoms with Crippen LogP contribution in [-0.2, 0) is 0 Å². The number of aldehydes is 1. The van der Waals surface area contributed by atoms with Gasteiger partial charge in [-0.25, -0.2) is 4.98 Å². The topological polar surface area (TPSA) is 42.4 Å². The summed E-state index contributed by atoms with van der Waals surface area (Å²) in [5.41, 5.74) is 1.57. The van der Waals surface area contributed by atoms with Crippen LogP contribution in [0.4, 0.5) is 11.5 Å². The lowest BCUT2D eigenvalue weighted by Crippen LogP contribution is -2.10. The maximum Gasteiger partial charge on any atom is 0.151 e. The number of hydrogen-bond donors (Lipinski definition) is 0. The Kier molecular flexibility index (Phi) is 3.57. The molecular formula is C14H14N2O2. The molecule has 2 aromatic rings. The first kappa shape index (κ1) is 12.1. The van der Waals surface area contributed by atoms with Gasteiger partial charge in [-0.05, 0) is 36.4 Å². The second-order valence-electron chi connectivity index (χ2n) is 3.82. The van der Waals surface area contributed by atoms with Gasteiger partial charge in [0, 0.05) is 24.5 Å². The minimum atomic E-state index is 0.571. The van der Waals surface area contributed by atoms with Crippen LogP contribution >= 0.6 is 0 Å². The standard InChI is InChI=1S/C14H14N2O2/c1-16(12-4-6-13(18-2)7-5-12)14-8-3-11(10-17)9-15-14/h3-10H,1-2H3. The molecule has 0 N–H and O–H groups in total. The zero-order valence-electron chi connectivity index (χ0n) is 10.3. The van der Waals surface area contributed by atoms with Crippen molar-refractivity contribution in [1.29, 1.82) is 0 Å². The molecule has 0 bridgehead atoms. The van der Waals surface area contributed by atoms with Gasteiger partial charge in [0.15, 0.2) is 6.29 Å². The Labute approximate surface area is 106 Å². The summed E-state index contributed by atoms with van der Waals surface area (Å²) >= 11 is 0. The average Bonchev–Trinajstić information content (AvgIpc) is 2.47. The Bertz CT molecular complexity index is 520. The molecule has 0 radical (unpaired) electrons. The van der Waals surface area contributed by atoms with Crippen molar-refractivity contribution in [1.82, 2.24) is 4.98 Å². The highest BCUT2D eigenvalue weighted by Crippen LogP contribution is 2.23. The first-order valence-electron chi connectivity index (χ1n) is 5.53. The molecule has 1 aromatic heterocycles. The van der Waals surface area contributed by atoms with Crippen molar-refractivity contribution in [2.45, 2.75) is 0 Å². The fourth-order valence-corrected chi connectivity index (χ4v) is 1.60. The monoisotopic (exact) mass is 242 g/mol. The van der Waals surface area contributed by atoms with Gasteiger partial charge < -0.3 is 9.64 Å². The number of aromatic nitrogens is 1. The maximum atomic E-state index is 10.6. The van der Waals surface area contributed by atoms with Crippen LogP contribution in [0.5, 0.6) is 5.75 Å². The van der Waals surface area contributed by atoms with Crippen molar-refractivity contribution in [3.05, 3.63) is 48.2 Å². The van der Waals surface area contributed by atoms with E-state index in [-0.39, 0.29) is 0 Å². The smallest absolute Gasteiger partial charge is 0.151 e. The van der Waals surface area contributed by atoms with Crippen molar-refractivity contribution in [2.24, 2.45) is 0 Å². The molecule has 0 aliphatic carbocycles. The summed E-state index contributed by atoms with van der Waals surface area (Å²) in [7, 11) is 3.56. The average molecular weight is 242 g/mol. The lowest BCUT2D eigenvalue weighted by atomic mass is 10.2. The fraction of sp³-hybridized carbons (Fsp3) is 0.143. The molecular weight excluding hydrogens is 228 g/mol. The number of pyridine rings is 1. The number of carbonyl (C=O) groups excluding carboxylic acids is 1. The van der Waals surface area contributed by atoms with E-state index in [9.17, 15) is 4.79 Å². The molecule has 2 rings (SSSR count). The van der Waals surface area contributed by atoms with Crippen LogP contribution < -0.4 is 9.64 Å². The largest absolute Gasteiger partial charge is 0.497 e. The molecule has 0 aliphatic rings. The predicted molar refractivity (Wildman–Crippen MR) is 70.7 cm³/mol. The molecule has 0 amide bonds. The second kappa shape index (κ2) is 5.31. The summed E-state index contributed by atoms with van der Waals surface area (Å²) in [5, 5.41) is 0. The van der Waals surface area contributed by atoms with Crippen molar-refractivity contribution >= 4 is 17.8 Å². The zero-order valence-corrected chi connectivity index (χ0v) is 10.3. The molecule has 4 heteroatoms. The fourth-order valence-electron chi connectivity index (χ4n) is 1.60. The molecule has 0 aliphatic heterocycles. The second-order valence-corrected chi connectivity index (χ2v) is 3.82. The Morgan fingerprint density at radius 3 is 2.39 bits per heavy atom. The van der Waals surface area contributed by atoms with E-state index in [4.69, 9.17) is 4.74 Å².